The lowest BCUT2D eigenvalue weighted by Crippen LogP contribution is -2.34. The zero-order valence-corrected chi connectivity index (χ0v) is 13.7. The zero-order valence-electron chi connectivity index (χ0n) is 13.7. The number of benzene rings is 2. The van der Waals surface area contributed by atoms with Crippen molar-refractivity contribution in [2.45, 2.75) is 12.6 Å². The van der Waals surface area contributed by atoms with E-state index in [0.29, 0.717) is 22.6 Å². The van der Waals surface area contributed by atoms with E-state index in [-0.39, 0.29) is 24.5 Å². The maximum atomic E-state index is 13.7. The molecule has 0 aromatic heterocycles. The molecule has 3 rings (SSSR count). The number of ether oxygens (including phenoxy) is 2. The number of fused-ring (bicyclic) bond motifs is 1. The van der Waals surface area contributed by atoms with E-state index in [1.165, 1.54) is 14.2 Å². The van der Waals surface area contributed by atoms with Crippen molar-refractivity contribution >= 4 is 11.4 Å². The van der Waals surface area contributed by atoms with Crippen LogP contribution in [0.2, 0.25) is 0 Å². The van der Waals surface area contributed by atoms with Crippen LogP contribution in [0, 0.1) is 15.9 Å². The standard InChI is InChI=1S/C17H17FN2O5/c1-24-15-5-6-16(25-2)17-11(15)8-19(9-14(17)21)13-7-10(18)3-4-12(13)20(22)23/h3-7,14,21H,8-9H2,1-2H3. The van der Waals surface area contributed by atoms with E-state index >= 15 is 0 Å². The Morgan fingerprint density at radius 2 is 1.92 bits per heavy atom. The molecule has 8 heteroatoms. The number of hydrogen-bond acceptors (Lipinski definition) is 6. The monoisotopic (exact) mass is 348 g/mol. The van der Waals surface area contributed by atoms with E-state index in [1.807, 2.05) is 0 Å². The van der Waals surface area contributed by atoms with Crippen molar-refractivity contribution in [3.8, 4) is 11.5 Å². The number of aliphatic hydroxyl groups is 1. The number of hydrogen-bond donors (Lipinski definition) is 1. The molecule has 1 N–H and O–H groups in total. The van der Waals surface area contributed by atoms with Crippen molar-refractivity contribution in [2.24, 2.45) is 0 Å². The van der Waals surface area contributed by atoms with Gasteiger partial charge in [-0.25, -0.2) is 4.39 Å². The highest BCUT2D eigenvalue weighted by Crippen LogP contribution is 2.42. The van der Waals surface area contributed by atoms with E-state index in [4.69, 9.17) is 9.47 Å². The predicted molar refractivity (Wildman–Crippen MR) is 88.6 cm³/mol. The maximum absolute atomic E-state index is 13.7. The minimum atomic E-state index is -0.961. The molecule has 0 radical (unpaired) electrons. The van der Waals surface area contributed by atoms with Gasteiger partial charge in [-0.15, -0.1) is 0 Å². The molecule has 2 aromatic rings. The van der Waals surface area contributed by atoms with Gasteiger partial charge in [-0.05, 0) is 18.2 Å². The van der Waals surface area contributed by atoms with Gasteiger partial charge in [0.05, 0.1) is 19.1 Å². The third kappa shape index (κ3) is 2.96. The number of aliphatic hydroxyl groups excluding tert-OH is 1. The topological polar surface area (TPSA) is 85.1 Å². The Morgan fingerprint density at radius 1 is 1.24 bits per heavy atom. The first-order valence-electron chi connectivity index (χ1n) is 7.57. The summed E-state index contributed by atoms with van der Waals surface area (Å²) < 4.78 is 24.3. The summed E-state index contributed by atoms with van der Waals surface area (Å²) in [4.78, 5) is 12.3. The average Bonchev–Trinajstić information content (AvgIpc) is 2.60. The zero-order chi connectivity index (χ0) is 18.1. The van der Waals surface area contributed by atoms with Gasteiger partial charge in [0, 0.05) is 36.3 Å². The van der Waals surface area contributed by atoms with Crippen LogP contribution in [0.1, 0.15) is 17.2 Å². The molecule has 0 fully saturated rings. The number of nitrogens with zero attached hydrogens (tertiary/aromatic N) is 2. The molecule has 1 aliphatic rings. The summed E-state index contributed by atoms with van der Waals surface area (Å²) in [6.07, 6.45) is -0.961. The second-order valence-electron chi connectivity index (χ2n) is 5.65. The number of methoxy groups -OCH3 is 2. The normalized spacial score (nSPS) is 16.3. The first-order valence-corrected chi connectivity index (χ1v) is 7.57. The highest BCUT2D eigenvalue weighted by Gasteiger charge is 2.32. The Morgan fingerprint density at radius 3 is 2.56 bits per heavy atom. The summed E-state index contributed by atoms with van der Waals surface area (Å²) in [5, 5.41) is 21.9. The van der Waals surface area contributed by atoms with Crippen LogP contribution in [0.4, 0.5) is 15.8 Å². The van der Waals surface area contributed by atoms with Gasteiger partial charge in [0.1, 0.15) is 29.1 Å². The molecule has 0 bridgehead atoms. The van der Waals surface area contributed by atoms with Gasteiger partial charge >= 0.3 is 0 Å². The largest absolute Gasteiger partial charge is 0.496 e. The van der Waals surface area contributed by atoms with Crippen LogP contribution in [0.3, 0.4) is 0 Å². The second-order valence-corrected chi connectivity index (χ2v) is 5.65. The fourth-order valence-corrected chi connectivity index (χ4v) is 3.16. The summed E-state index contributed by atoms with van der Waals surface area (Å²) in [6.45, 7) is 0.290. The minimum Gasteiger partial charge on any atom is -0.496 e. The SMILES string of the molecule is COc1ccc(OC)c2c1CN(c1cc(F)ccc1[N+](=O)[O-])CC2O. The number of halogens is 1. The summed E-state index contributed by atoms with van der Waals surface area (Å²) in [6, 6.07) is 6.66. The van der Waals surface area contributed by atoms with E-state index in [2.05, 4.69) is 0 Å². The first kappa shape index (κ1) is 17.0. The molecule has 1 aliphatic heterocycles. The van der Waals surface area contributed by atoms with Gasteiger partial charge in [0.25, 0.3) is 5.69 Å². The Labute approximate surface area is 143 Å². The number of nitro benzene ring substituents is 1. The van der Waals surface area contributed by atoms with E-state index < -0.39 is 16.8 Å². The summed E-state index contributed by atoms with van der Waals surface area (Å²) in [7, 11) is 3.00. The second kappa shape index (κ2) is 6.56. The maximum Gasteiger partial charge on any atom is 0.292 e. The lowest BCUT2D eigenvalue weighted by atomic mass is 9.94. The van der Waals surface area contributed by atoms with Crippen LogP contribution in [-0.4, -0.2) is 30.8 Å². The smallest absolute Gasteiger partial charge is 0.292 e. The molecule has 132 valence electrons. The minimum absolute atomic E-state index is 0.0703. The highest BCUT2D eigenvalue weighted by molar-refractivity contribution is 5.66. The van der Waals surface area contributed by atoms with Gasteiger partial charge in [0.15, 0.2) is 0 Å². The molecule has 1 heterocycles. The molecule has 0 amide bonds. The van der Waals surface area contributed by atoms with Crippen LogP contribution in [-0.2, 0) is 6.54 Å². The molecule has 7 nitrogen and oxygen atoms in total. The van der Waals surface area contributed by atoms with Crippen molar-refractivity contribution in [1.82, 2.24) is 0 Å². The van der Waals surface area contributed by atoms with Crippen LogP contribution in [0.25, 0.3) is 0 Å². The molecule has 2 aromatic carbocycles. The molecule has 1 unspecified atom stereocenters. The number of nitro groups is 1. The fourth-order valence-electron chi connectivity index (χ4n) is 3.16. The van der Waals surface area contributed by atoms with Gasteiger partial charge < -0.3 is 19.5 Å². The molecular formula is C17H17FN2O5. The highest BCUT2D eigenvalue weighted by atomic mass is 19.1. The molecule has 0 aliphatic carbocycles. The third-order valence-corrected chi connectivity index (χ3v) is 4.26. The van der Waals surface area contributed by atoms with Crippen LogP contribution >= 0.6 is 0 Å². The van der Waals surface area contributed by atoms with E-state index in [0.717, 1.165) is 18.2 Å². The van der Waals surface area contributed by atoms with Crippen molar-refractivity contribution in [1.29, 1.82) is 0 Å². The summed E-state index contributed by atoms with van der Waals surface area (Å²) in [5.74, 6) is 0.453. The van der Waals surface area contributed by atoms with Gasteiger partial charge in [-0.1, -0.05) is 0 Å². The van der Waals surface area contributed by atoms with Crippen molar-refractivity contribution in [3.05, 3.63) is 57.4 Å². The van der Waals surface area contributed by atoms with E-state index in [1.54, 1.807) is 17.0 Å². The Hall–Kier alpha value is -2.87. The average molecular weight is 348 g/mol. The van der Waals surface area contributed by atoms with Crippen LogP contribution in [0.15, 0.2) is 30.3 Å². The Balaban J connectivity index is 2.11. The van der Waals surface area contributed by atoms with Gasteiger partial charge in [-0.3, -0.25) is 10.1 Å². The fraction of sp³-hybridized carbons (Fsp3) is 0.294. The van der Waals surface area contributed by atoms with E-state index in [9.17, 15) is 19.6 Å². The molecule has 0 saturated heterocycles. The summed E-state index contributed by atoms with van der Waals surface area (Å²) in [5.41, 5.74) is 1.12. The van der Waals surface area contributed by atoms with Crippen LogP contribution < -0.4 is 14.4 Å². The van der Waals surface area contributed by atoms with Crippen molar-refractivity contribution < 1.29 is 23.9 Å². The Kier molecular flexibility index (Phi) is 4.45. The molecule has 25 heavy (non-hydrogen) atoms. The number of anilines is 1. The lowest BCUT2D eigenvalue weighted by Gasteiger charge is -2.35. The van der Waals surface area contributed by atoms with Gasteiger partial charge in [0.2, 0.25) is 0 Å². The molecular weight excluding hydrogens is 331 g/mol. The molecule has 0 spiro atoms. The number of rotatable bonds is 4. The van der Waals surface area contributed by atoms with Crippen molar-refractivity contribution in [3.63, 3.8) is 0 Å². The third-order valence-electron chi connectivity index (χ3n) is 4.26. The molecule has 0 saturated carbocycles. The Bertz CT molecular complexity index is 827. The first-order chi connectivity index (χ1) is 12.0. The lowest BCUT2D eigenvalue weighted by molar-refractivity contribution is -0.384. The van der Waals surface area contributed by atoms with Crippen molar-refractivity contribution in [2.75, 3.05) is 25.7 Å². The van der Waals surface area contributed by atoms with Crippen LogP contribution in [0.5, 0.6) is 11.5 Å². The molecule has 1 atom stereocenters. The van der Waals surface area contributed by atoms with Gasteiger partial charge in [-0.2, -0.15) is 0 Å². The number of β-amino-alcohol motifs (C(OH)–C–C–N with tert-alkyl or cyclic N) is 1. The summed E-state index contributed by atoms with van der Waals surface area (Å²) >= 11 is 0. The predicted octanol–water partition coefficient (Wildman–Crippen LogP) is 2.80. The quantitative estimate of drug-likeness (QED) is 0.675.